The van der Waals surface area contributed by atoms with Crippen LogP contribution in [0.25, 0.3) is 0 Å². The van der Waals surface area contributed by atoms with Gasteiger partial charge in [0.2, 0.25) is 0 Å². The summed E-state index contributed by atoms with van der Waals surface area (Å²) in [7, 11) is -0.715. The molecule has 0 bridgehead atoms. The molecule has 0 radical (unpaired) electrons. The Morgan fingerprint density at radius 3 is 2.45 bits per heavy atom. The molecule has 1 saturated heterocycles. The van der Waals surface area contributed by atoms with E-state index in [1.165, 1.54) is 0 Å². The molecule has 0 aromatic carbocycles. The molecule has 0 spiro atoms. The average Bonchev–Trinajstić information content (AvgIpc) is 2.39. The van der Waals surface area contributed by atoms with Crippen molar-refractivity contribution in [1.29, 1.82) is 0 Å². The van der Waals surface area contributed by atoms with E-state index in [1.54, 1.807) is 0 Å². The predicted octanol–water partition coefficient (Wildman–Crippen LogP) is 1.99. The summed E-state index contributed by atoms with van der Waals surface area (Å²) in [6.07, 6.45) is 0.279. The van der Waals surface area contributed by atoms with Gasteiger partial charge in [-0.25, -0.2) is 4.67 Å². The molecule has 0 aliphatic carbocycles. The minimum absolute atomic E-state index is 0.279. The molecule has 2 atom stereocenters. The van der Waals surface area contributed by atoms with Crippen molar-refractivity contribution < 1.29 is 9.05 Å². The van der Waals surface area contributed by atoms with Gasteiger partial charge >= 0.3 is 0 Å². The lowest BCUT2D eigenvalue weighted by molar-refractivity contribution is 0.257. The van der Waals surface area contributed by atoms with Crippen LogP contribution in [0.15, 0.2) is 0 Å². The van der Waals surface area contributed by atoms with Gasteiger partial charge in [0.15, 0.2) is 0 Å². The first-order valence-corrected chi connectivity index (χ1v) is 5.25. The molecular formula is C7H16NO2P. The molecule has 1 aliphatic heterocycles. The lowest BCUT2D eigenvalue weighted by Gasteiger charge is -2.21. The summed E-state index contributed by atoms with van der Waals surface area (Å²) < 4.78 is 13.3. The first kappa shape index (κ1) is 9.40. The van der Waals surface area contributed by atoms with Crippen molar-refractivity contribution >= 4 is 8.53 Å². The second kappa shape index (κ2) is 4.36. The fraction of sp³-hybridized carbons (Fsp3) is 1.00. The summed E-state index contributed by atoms with van der Waals surface area (Å²) in [5.41, 5.74) is 0. The van der Waals surface area contributed by atoms with Gasteiger partial charge in [0.25, 0.3) is 8.53 Å². The van der Waals surface area contributed by atoms with E-state index in [9.17, 15) is 0 Å². The molecule has 0 aromatic heterocycles. The van der Waals surface area contributed by atoms with Gasteiger partial charge in [0.1, 0.15) is 0 Å². The minimum Gasteiger partial charge on any atom is -0.319 e. The standard InChI is InChI=1S/C7H16NO2P/c1-4-8(5-2)11-9-6-7(3)10-11/h7H,4-6H2,1-3H3. The van der Waals surface area contributed by atoms with Gasteiger partial charge in [-0.05, 0) is 6.92 Å². The molecular weight excluding hydrogens is 161 g/mol. The molecule has 4 heteroatoms. The van der Waals surface area contributed by atoms with E-state index in [0.29, 0.717) is 0 Å². The predicted molar refractivity (Wildman–Crippen MR) is 46.3 cm³/mol. The first-order valence-electron chi connectivity index (χ1n) is 4.12. The molecule has 11 heavy (non-hydrogen) atoms. The maximum atomic E-state index is 5.57. The number of nitrogens with zero attached hydrogens (tertiary/aromatic N) is 1. The van der Waals surface area contributed by atoms with E-state index in [4.69, 9.17) is 9.05 Å². The maximum Gasteiger partial charge on any atom is 0.259 e. The fourth-order valence-electron chi connectivity index (χ4n) is 0.986. The van der Waals surface area contributed by atoms with Crippen LogP contribution < -0.4 is 0 Å². The lowest BCUT2D eigenvalue weighted by atomic mass is 10.5. The molecule has 1 rings (SSSR count). The van der Waals surface area contributed by atoms with Crippen molar-refractivity contribution in [2.24, 2.45) is 0 Å². The monoisotopic (exact) mass is 177 g/mol. The van der Waals surface area contributed by atoms with Gasteiger partial charge in [0.05, 0.1) is 12.7 Å². The van der Waals surface area contributed by atoms with Crippen molar-refractivity contribution in [1.82, 2.24) is 4.67 Å². The molecule has 1 heterocycles. The molecule has 66 valence electrons. The van der Waals surface area contributed by atoms with Gasteiger partial charge < -0.3 is 9.05 Å². The highest BCUT2D eigenvalue weighted by Gasteiger charge is 2.27. The van der Waals surface area contributed by atoms with E-state index in [-0.39, 0.29) is 6.10 Å². The van der Waals surface area contributed by atoms with Crippen molar-refractivity contribution in [3.63, 3.8) is 0 Å². The van der Waals surface area contributed by atoms with Crippen LogP contribution in [0.3, 0.4) is 0 Å². The van der Waals surface area contributed by atoms with Gasteiger partial charge in [-0.3, -0.25) is 0 Å². The summed E-state index contributed by atoms with van der Waals surface area (Å²) in [5.74, 6) is 0. The third-order valence-corrected chi connectivity index (χ3v) is 3.59. The van der Waals surface area contributed by atoms with Crippen LogP contribution in [0.4, 0.5) is 0 Å². The SMILES string of the molecule is CCN(CC)P1OCC(C)O1. The zero-order valence-electron chi connectivity index (χ0n) is 7.41. The van der Waals surface area contributed by atoms with Crippen LogP contribution in [-0.2, 0) is 9.05 Å². The minimum atomic E-state index is -0.715. The Morgan fingerprint density at radius 2 is 2.09 bits per heavy atom. The molecule has 0 aromatic rings. The van der Waals surface area contributed by atoms with E-state index < -0.39 is 8.53 Å². The van der Waals surface area contributed by atoms with Crippen LogP contribution in [0.2, 0.25) is 0 Å². The summed E-state index contributed by atoms with van der Waals surface area (Å²) in [4.78, 5) is 0. The number of rotatable bonds is 3. The van der Waals surface area contributed by atoms with Gasteiger partial charge in [-0.1, -0.05) is 13.8 Å². The smallest absolute Gasteiger partial charge is 0.259 e. The molecule has 0 amide bonds. The van der Waals surface area contributed by atoms with Gasteiger partial charge in [0, 0.05) is 13.1 Å². The average molecular weight is 177 g/mol. The lowest BCUT2D eigenvalue weighted by Crippen LogP contribution is -2.16. The molecule has 0 N–H and O–H groups in total. The van der Waals surface area contributed by atoms with Crippen LogP contribution in [-0.4, -0.2) is 30.5 Å². The highest BCUT2D eigenvalue weighted by atomic mass is 31.2. The third-order valence-electron chi connectivity index (χ3n) is 1.65. The van der Waals surface area contributed by atoms with Crippen LogP contribution in [0.5, 0.6) is 0 Å². The first-order chi connectivity index (χ1) is 5.27. The van der Waals surface area contributed by atoms with E-state index in [1.807, 2.05) is 6.92 Å². The van der Waals surface area contributed by atoms with E-state index in [0.717, 1.165) is 19.7 Å². The molecule has 0 saturated carbocycles. The summed E-state index contributed by atoms with van der Waals surface area (Å²) >= 11 is 0. The topological polar surface area (TPSA) is 21.7 Å². The Morgan fingerprint density at radius 1 is 1.45 bits per heavy atom. The second-order valence-corrected chi connectivity index (χ2v) is 4.10. The highest BCUT2D eigenvalue weighted by Crippen LogP contribution is 2.48. The fourth-order valence-corrected chi connectivity index (χ4v) is 2.51. The zero-order chi connectivity index (χ0) is 8.27. The Kier molecular flexibility index (Phi) is 3.73. The third kappa shape index (κ3) is 2.38. The summed E-state index contributed by atoms with van der Waals surface area (Å²) in [6, 6.07) is 0. The van der Waals surface area contributed by atoms with Crippen molar-refractivity contribution in [2.45, 2.75) is 26.9 Å². The largest absolute Gasteiger partial charge is 0.319 e. The summed E-state index contributed by atoms with van der Waals surface area (Å²) in [6.45, 7) is 9.07. The number of hydrogen-bond donors (Lipinski definition) is 0. The van der Waals surface area contributed by atoms with Gasteiger partial charge in [-0.15, -0.1) is 0 Å². The Balaban J connectivity index is 2.34. The number of hydrogen-bond acceptors (Lipinski definition) is 3. The van der Waals surface area contributed by atoms with Gasteiger partial charge in [-0.2, -0.15) is 0 Å². The van der Waals surface area contributed by atoms with E-state index in [2.05, 4.69) is 18.5 Å². The Labute approximate surface area is 69.6 Å². The second-order valence-electron chi connectivity index (χ2n) is 2.59. The molecule has 1 fully saturated rings. The van der Waals surface area contributed by atoms with E-state index >= 15 is 0 Å². The summed E-state index contributed by atoms with van der Waals surface area (Å²) in [5, 5.41) is 0. The zero-order valence-corrected chi connectivity index (χ0v) is 8.30. The molecule has 3 nitrogen and oxygen atoms in total. The molecule has 2 unspecified atom stereocenters. The van der Waals surface area contributed by atoms with Crippen molar-refractivity contribution in [3.05, 3.63) is 0 Å². The Hall–Kier alpha value is 0.310. The Bertz CT molecular complexity index is 119. The molecule has 1 aliphatic rings. The van der Waals surface area contributed by atoms with Crippen LogP contribution in [0.1, 0.15) is 20.8 Å². The van der Waals surface area contributed by atoms with Crippen LogP contribution >= 0.6 is 8.53 Å². The van der Waals surface area contributed by atoms with Crippen molar-refractivity contribution in [3.8, 4) is 0 Å². The van der Waals surface area contributed by atoms with Crippen LogP contribution in [0, 0.1) is 0 Å². The highest BCUT2D eigenvalue weighted by molar-refractivity contribution is 7.44. The quantitative estimate of drug-likeness (QED) is 0.615. The van der Waals surface area contributed by atoms with Crippen molar-refractivity contribution in [2.75, 3.05) is 19.7 Å². The normalized spacial score (nSPS) is 31.6. The maximum absolute atomic E-state index is 5.57.